The first kappa shape index (κ1) is 13.5. The highest BCUT2D eigenvalue weighted by atomic mass is 79.9. The normalized spacial score (nSPS) is 12.6. The number of nitrogens with two attached hydrogens (primary N) is 1. The van der Waals surface area contributed by atoms with Crippen molar-refractivity contribution in [1.29, 1.82) is 0 Å². The van der Waals surface area contributed by atoms with E-state index in [1.807, 2.05) is 24.3 Å². The van der Waals surface area contributed by atoms with Crippen molar-refractivity contribution in [1.82, 2.24) is 10.1 Å². The van der Waals surface area contributed by atoms with Gasteiger partial charge in [0.25, 0.3) is 5.89 Å². The third kappa shape index (κ3) is 3.32. The van der Waals surface area contributed by atoms with Crippen LogP contribution >= 0.6 is 27.7 Å². The van der Waals surface area contributed by atoms with Gasteiger partial charge < -0.3 is 15.4 Å². The van der Waals surface area contributed by atoms with Crippen LogP contribution in [0.15, 0.2) is 38.2 Å². The lowest BCUT2D eigenvalue weighted by atomic mass is 10.4. The summed E-state index contributed by atoms with van der Waals surface area (Å²) in [6.07, 6.45) is -0.889. The quantitative estimate of drug-likeness (QED) is 0.817. The van der Waals surface area contributed by atoms with Crippen molar-refractivity contribution < 1.29 is 9.63 Å². The second kappa shape index (κ2) is 6.33. The van der Waals surface area contributed by atoms with Gasteiger partial charge in [-0.25, -0.2) is 0 Å². The summed E-state index contributed by atoms with van der Waals surface area (Å²) in [5.41, 5.74) is 5.31. The first-order chi connectivity index (χ1) is 8.70. The molecule has 5 nitrogen and oxygen atoms in total. The predicted molar refractivity (Wildman–Crippen MR) is 72.0 cm³/mol. The standard InChI is InChI=1S/C11H12BrN3O2S/c12-7-3-1-2-4-9(7)18-6-10-14-11(17-15-10)8(16)5-13/h1-4,8,16H,5-6,13H2/t8-/m0/s1. The Bertz CT molecular complexity index is 520. The Kier molecular flexibility index (Phi) is 4.76. The summed E-state index contributed by atoms with van der Waals surface area (Å²) in [4.78, 5) is 5.18. The Morgan fingerprint density at radius 2 is 2.22 bits per heavy atom. The van der Waals surface area contributed by atoms with E-state index in [0.717, 1.165) is 9.37 Å². The molecule has 96 valence electrons. The summed E-state index contributed by atoms with van der Waals surface area (Å²) in [5, 5.41) is 13.2. The van der Waals surface area contributed by atoms with Crippen LogP contribution in [-0.2, 0) is 5.75 Å². The highest BCUT2D eigenvalue weighted by molar-refractivity contribution is 9.10. The van der Waals surface area contributed by atoms with Gasteiger partial charge in [-0.1, -0.05) is 17.3 Å². The molecule has 7 heteroatoms. The number of hydrogen-bond acceptors (Lipinski definition) is 6. The molecule has 0 amide bonds. The summed E-state index contributed by atoms with van der Waals surface area (Å²) < 4.78 is 5.95. The first-order valence-corrected chi connectivity index (χ1v) is 7.06. The minimum Gasteiger partial charge on any atom is -0.382 e. The van der Waals surface area contributed by atoms with Crippen LogP contribution in [0.5, 0.6) is 0 Å². The number of benzene rings is 1. The Balaban J connectivity index is 1.98. The van der Waals surface area contributed by atoms with Gasteiger partial charge in [-0.05, 0) is 28.1 Å². The van der Waals surface area contributed by atoms with Crippen LogP contribution in [0, 0.1) is 0 Å². The average molecular weight is 330 g/mol. The maximum Gasteiger partial charge on any atom is 0.256 e. The molecule has 0 spiro atoms. The smallest absolute Gasteiger partial charge is 0.256 e. The van der Waals surface area contributed by atoms with Gasteiger partial charge in [0.15, 0.2) is 5.82 Å². The van der Waals surface area contributed by atoms with Gasteiger partial charge in [0.1, 0.15) is 6.10 Å². The van der Waals surface area contributed by atoms with Gasteiger partial charge in [-0.2, -0.15) is 4.98 Å². The van der Waals surface area contributed by atoms with Gasteiger partial charge >= 0.3 is 0 Å². The van der Waals surface area contributed by atoms with E-state index < -0.39 is 6.10 Å². The summed E-state index contributed by atoms with van der Waals surface area (Å²) >= 11 is 5.06. The fraction of sp³-hybridized carbons (Fsp3) is 0.273. The number of aliphatic hydroxyl groups excluding tert-OH is 1. The van der Waals surface area contributed by atoms with Gasteiger partial charge in [0.2, 0.25) is 0 Å². The van der Waals surface area contributed by atoms with E-state index in [-0.39, 0.29) is 12.4 Å². The zero-order valence-electron chi connectivity index (χ0n) is 9.41. The largest absolute Gasteiger partial charge is 0.382 e. The van der Waals surface area contributed by atoms with Gasteiger partial charge in [-0.3, -0.25) is 0 Å². The molecular formula is C11H12BrN3O2S. The molecule has 3 N–H and O–H groups in total. The van der Waals surface area contributed by atoms with Crippen molar-refractivity contribution in [2.45, 2.75) is 16.8 Å². The summed E-state index contributed by atoms with van der Waals surface area (Å²) in [5.74, 6) is 1.28. The van der Waals surface area contributed by atoms with E-state index in [0.29, 0.717) is 11.6 Å². The molecule has 1 atom stereocenters. The molecule has 0 aliphatic rings. The lowest BCUT2D eigenvalue weighted by Gasteiger charge is -2.01. The lowest BCUT2D eigenvalue weighted by Crippen LogP contribution is -2.11. The molecule has 0 saturated carbocycles. The molecular weight excluding hydrogens is 318 g/mol. The van der Waals surface area contributed by atoms with Gasteiger partial charge in [0.05, 0.1) is 5.75 Å². The molecule has 0 saturated heterocycles. The van der Waals surface area contributed by atoms with Crippen molar-refractivity contribution in [2.75, 3.05) is 6.54 Å². The van der Waals surface area contributed by atoms with E-state index in [9.17, 15) is 5.11 Å². The second-order valence-electron chi connectivity index (χ2n) is 3.52. The minimum atomic E-state index is -0.889. The fourth-order valence-corrected chi connectivity index (χ4v) is 2.68. The molecule has 0 unspecified atom stereocenters. The minimum absolute atomic E-state index is 0.0685. The van der Waals surface area contributed by atoms with Crippen molar-refractivity contribution in [2.24, 2.45) is 5.73 Å². The van der Waals surface area contributed by atoms with E-state index in [1.165, 1.54) is 0 Å². The Morgan fingerprint density at radius 3 is 2.94 bits per heavy atom. The van der Waals surface area contributed by atoms with Crippen LogP contribution < -0.4 is 5.73 Å². The maximum atomic E-state index is 9.44. The van der Waals surface area contributed by atoms with Crippen LogP contribution in [0.4, 0.5) is 0 Å². The SMILES string of the molecule is NC[C@H](O)c1nc(CSc2ccccc2Br)no1. The topological polar surface area (TPSA) is 85.2 Å². The summed E-state index contributed by atoms with van der Waals surface area (Å²) in [6.45, 7) is 0.0685. The van der Waals surface area contributed by atoms with E-state index in [4.69, 9.17) is 10.3 Å². The molecule has 18 heavy (non-hydrogen) atoms. The number of halogens is 1. The van der Waals surface area contributed by atoms with Crippen LogP contribution in [0.3, 0.4) is 0 Å². The molecule has 0 aliphatic heterocycles. The molecule has 1 aromatic heterocycles. The number of hydrogen-bond donors (Lipinski definition) is 2. The molecule has 0 bridgehead atoms. The van der Waals surface area contributed by atoms with E-state index in [2.05, 4.69) is 26.1 Å². The molecule has 1 aromatic carbocycles. The molecule has 2 aromatic rings. The third-order valence-corrected chi connectivity index (χ3v) is 4.21. The summed E-state index contributed by atoms with van der Waals surface area (Å²) in [7, 11) is 0. The summed E-state index contributed by atoms with van der Waals surface area (Å²) in [6, 6.07) is 7.90. The number of thioether (sulfide) groups is 1. The van der Waals surface area contributed by atoms with Crippen molar-refractivity contribution in [3.63, 3.8) is 0 Å². The van der Waals surface area contributed by atoms with Crippen LogP contribution in [0.1, 0.15) is 17.8 Å². The third-order valence-electron chi connectivity index (χ3n) is 2.19. The zero-order chi connectivity index (χ0) is 13.0. The first-order valence-electron chi connectivity index (χ1n) is 5.28. The Hall–Kier alpha value is -0.890. The highest BCUT2D eigenvalue weighted by Crippen LogP contribution is 2.29. The van der Waals surface area contributed by atoms with Crippen LogP contribution in [-0.4, -0.2) is 21.8 Å². The van der Waals surface area contributed by atoms with Gasteiger partial charge in [0, 0.05) is 15.9 Å². The average Bonchev–Trinajstić information content (AvgIpc) is 2.86. The zero-order valence-corrected chi connectivity index (χ0v) is 11.8. The van der Waals surface area contributed by atoms with Crippen molar-refractivity contribution in [3.05, 3.63) is 40.5 Å². The predicted octanol–water partition coefficient (Wildman–Crippen LogP) is 2.12. The monoisotopic (exact) mass is 329 g/mol. The molecule has 0 radical (unpaired) electrons. The molecule has 0 fully saturated rings. The Morgan fingerprint density at radius 1 is 1.44 bits per heavy atom. The molecule has 0 aliphatic carbocycles. The number of nitrogens with zero attached hydrogens (tertiary/aromatic N) is 2. The van der Waals surface area contributed by atoms with Crippen LogP contribution in [0.25, 0.3) is 0 Å². The number of rotatable bonds is 5. The lowest BCUT2D eigenvalue weighted by molar-refractivity contribution is 0.141. The fourth-order valence-electron chi connectivity index (χ4n) is 1.27. The van der Waals surface area contributed by atoms with Crippen molar-refractivity contribution >= 4 is 27.7 Å². The maximum absolute atomic E-state index is 9.44. The molecule has 1 heterocycles. The second-order valence-corrected chi connectivity index (χ2v) is 5.39. The highest BCUT2D eigenvalue weighted by Gasteiger charge is 2.14. The Labute approximate surface area is 117 Å². The number of aromatic nitrogens is 2. The van der Waals surface area contributed by atoms with Crippen molar-refractivity contribution in [3.8, 4) is 0 Å². The van der Waals surface area contributed by atoms with Crippen LogP contribution in [0.2, 0.25) is 0 Å². The van der Waals surface area contributed by atoms with E-state index in [1.54, 1.807) is 11.8 Å². The van der Waals surface area contributed by atoms with E-state index >= 15 is 0 Å². The molecule has 2 rings (SSSR count). The number of aliphatic hydroxyl groups is 1. The van der Waals surface area contributed by atoms with Gasteiger partial charge in [-0.15, -0.1) is 11.8 Å².